The van der Waals surface area contributed by atoms with Crippen LogP contribution in [0.5, 0.6) is 5.75 Å². The monoisotopic (exact) mass is 392 g/mol. The quantitative estimate of drug-likeness (QED) is 0.720. The number of hydrogen-bond donors (Lipinski definition) is 1. The molecular formula is C22H20N2O3S. The normalized spacial score (nSPS) is 16.1. The first-order valence-corrected chi connectivity index (χ1v) is 9.95. The molecule has 6 heteroatoms. The van der Waals surface area contributed by atoms with Gasteiger partial charge in [0.2, 0.25) is 0 Å². The molecule has 0 radical (unpaired) electrons. The lowest BCUT2D eigenvalue weighted by Gasteiger charge is -2.22. The summed E-state index contributed by atoms with van der Waals surface area (Å²) in [5.41, 5.74) is 2.62. The van der Waals surface area contributed by atoms with E-state index in [4.69, 9.17) is 4.74 Å². The number of anilines is 1. The second kappa shape index (κ2) is 7.86. The van der Waals surface area contributed by atoms with E-state index in [1.54, 1.807) is 24.0 Å². The lowest BCUT2D eigenvalue weighted by Crippen LogP contribution is -2.37. The Morgan fingerprint density at radius 2 is 2.00 bits per heavy atom. The standard InChI is InChI=1S/C22H20N2O3S/c1-15-22(26)24(13-16-6-3-2-4-7-16)14-17-12-18(9-10-19(17)27-15)23-21(25)20-8-5-11-28-20/h2-12,15H,13-14H2,1H3,(H,23,25)/t15-/m0/s1. The van der Waals surface area contributed by atoms with E-state index in [2.05, 4.69) is 5.32 Å². The van der Waals surface area contributed by atoms with Gasteiger partial charge in [-0.15, -0.1) is 11.3 Å². The van der Waals surface area contributed by atoms with Crippen LogP contribution in [-0.4, -0.2) is 22.8 Å². The number of rotatable bonds is 4. The van der Waals surface area contributed by atoms with Gasteiger partial charge in [-0.05, 0) is 42.1 Å². The van der Waals surface area contributed by atoms with Crippen LogP contribution < -0.4 is 10.1 Å². The van der Waals surface area contributed by atoms with Crippen molar-refractivity contribution in [1.82, 2.24) is 4.90 Å². The second-order valence-corrected chi connectivity index (χ2v) is 7.64. The smallest absolute Gasteiger partial charge is 0.265 e. The lowest BCUT2D eigenvalue weighted by molar-refractivity contribution is -0.138. The summed E-state index contributed by atoms with van der Waals surface area (Å²) < 4.78 is 5.87. The Kier molecular flexibility index (Phi) is 5.12. The van der Waals surface area contributed by atoms with Gasteiger partial charge in [0, 0.05) is 24.3 Å². The molecule has 0 saturated carbocycles. The van der Waals surface area contributed by atoms with Crippen LogP contribution in [0.3, 0.4) is 0 Å². The number of carbonyl (C=O) groups is 2. The molecule has 1 aliphatic heterocycles. The molecule has 2 amide bonds. The first-order chi connectivity index (χ1) is 13.6. The Balaban J connectivity index is 1.58. The average Bonchev–Trinajstić information content (AvgIpc) is 3.21. The van der Waals surface area contributed by atoms with Gasteiger partial charge in [-0.1, -0.05) is 36.4 Å². The summed E-state index contributed by atoms with van der Waals surface area (Å²) in [5, 5.41) is 4.78. The Bertz CT molecular complexity index is 986. The van der Waals surface area contributed by atoms with Crippen molar-refractivity contribution in [3.05, 3.63) is 82.0 Å². The van der Waals surface area contributed by atoms with E-state index >= 15 is 0 Å². The molecule has 0 spiro atoms. The van der Waals surface area contributed by atoms with Crippen LogP contribution in [0.15, 0.2) is 66.0 Å². The minimum Gasteiger partial charge on any atom is -0.481 e. The summed E-state index contributed by atoms with van der Waals surface area (Å²) >= 11 is 1.39. The number of amides is 2. The van der Waals surface area contributed by atoms with Crippen LogP contribution in [0.25, 0.3) is 0 Å². The summed E-state index contributed by atoms with van der Waals surface area (Å²) in [7, 11) is 0. The van der Waals surface area contributed by atoms with Crippen LogP contribution in [-0.2, 0) is 17.9 Å². The van der Waals surface area contributed by atoms with Gasteiger partial charge in [-0.2, -0.15) is 0 Å². The highest BCUT2D eigenvalue weighted by Gasteiger charge is 2.28. The van der Waals surface area contributed by atoms with Crippen LogP contribution in [0.4, 0.5) is 5.69 Å². The fourth-order valence-corrected chi connectivity index (χ4v) is 3.83. The molecular weight excluding hydrogens is 372 g/mol. The first-order valence-electron chi connectivity index (χ1n) is 9.07. The van der Waals surface area contributed by atoms with E-state index in [9.17, 15) is 9.59 Å². The molecule has 0 fully saturated rings. The van der Waals surface area contributed by atoms with Crippen molar-refractivity contribution in [2.24, 2.45) is 0 Å². The lowest BCUT2D eigenvalue weighted by atomic mass is 10.1. The van der Waals surface area contributed by atoms with Gasteiger partial charge < -0.3 is 15.0 Å². The molecule has 1 atom stereocenters. The van der Waals surface area contributed by atoms with E-state index < -0.39 is 6.10 Å². The molecule has 0 aliphatic carbocycles. The fraction of sp³-hybridized carbons (Fsp3) is 0.182. The summed E-state index contributed by atoms with van der Waals surface area (Å²) in [5.74, 6) is 0.477. The largest absolute Gasteiger partial charge is 0.481 e. The van der Waals surface area contributed by atoms with Crippen molar-refractivity contribution in [3.8, 4) is 5.75 Å². The predicted molar refractivity (Wildman–Crippen MR) is 110 cm³/mol. The van der Waals surface area contributed by atoms with Crippen molar-refractivity contribution < 1.29 is 14.3 Å². The SMILES string of the molecule is C[C@@H]1Oc2ccc(NC(=O)c3cccs3)cc2CN(Cc2ccccc2)C1=O. The molecule has 3 aromatic rings. The maximum Gasteiger partial charge on any atom is 0.265 e. The molecule has 2 aromatic carbocycles. The summed E-state index contributed by atoms with van der Waals surface area (Å²) in [6, 6.07) is 19.0. The fourth-order valence-electron chi connectivity index (χ4n) is 3.22. The number of ether oxygens (including phenoxy) is 1. The molecule has 0 unspecified atom stereocenters. The van der Waals surface area contributed by atoms with E-state index in [1.165, 1.54) is 11.3 Å². The van der Waals surface area contributed by atoms with Gasteiger partial charge in [0.1, 0.15) is 5.75 Å². The predicted octanol–water partition coefficient (Wildman–Crippen LogP) is 4.31. The number of benzene rings is 2. The van der Waals surface area contributed by atoms with Gasteiger partial charge in [-0.3, -0.25) is 9.59 Å². The van der Waals surface area contributed by atoms with E-state index in [0.717, 1.165) is 11.1 Å². The van der Waals surface area contributed by atoms with Gasteiger partial charge in [-0.25, -0.2) is 0 Å². The molecule has 142 valence electrons. The van der Waals surface area contributed by atoms with Crippen molar-refractivity contribution >= 4 is 28.8 Å². The van der Waals surface area contributed by atoms with Crippen LogP contribution >= 0.6 is 11.3 Å². The van der Waals surface area contributed by atoms with Gasteiger partial charge in [0.25, 0.3) is 11.8 Å². The topological polar surface area (TPSA) is 58.6 Å². The number of fused-ring (bicyclic) bond motifs is 1. The third kappa shape index (κ3) is 3.92. The zero-order valence-electron chi connectivity index (χ0n) is 15.4. The van der Waals surface area contributed by atoms with Crippen molar-refractivity contribution in [3.63, 3.8) is 0 Å². The zero-order valence-corrected chi connectivity index (χ0v) is 16.2. The third-order valence-corrected chi connectivity index (χ3v) is 5.47. The van der Waals surface area contributed by atoms with Gasteiger partial charge >= 0.3 is 0 Å². The summed E-state index contributed by atoms with van der Waals surface area (Å²) in [6.07, 6.45) is -0.559. The maximum atomic E-state index is 12.8. The number of nitrogens with zero attached hydrogens (tertiary/aromatic N) is 1. The van der Waals surface area contributed by atoms with Crippen molar-refractivity contribution in [2.45, 2.75) is 26.1 Å². The molecule has 5 nitrogen and oxygen atoms in total. The summed E-state index contributed by atoms with van der Waals surface area (Å²) in [6.45, 7) is 2.70. The molecule has 28 heavy (non-hydrogen) atoms. The average molecular weight is 392 g/mol. The maximum absolute atomic E-state index is 12.8. The Hall–Kier alpha value is -3.12. The number of carbonyl (C=O) groups excluding carboxylic acids is 2. The molecule has 2 heterocycles. The Labute approximate surface area is 167 Å². The van der Waals surface area contributed by atoms with E-state index in [1.807, 2.05) is 53.9 Å². The van der Waals surface area contributed by atoms with Crippen molar-refractivity contribution in [2.75, 3.05) is 5.32 Å². The molecule has 0 saturated heterocycles. The van der Waals surface area contributed by atoms with Crippen molar-refractivity contribution in [1.29, 1.82) is 0 Å². The van der Waals surface area contributed by atoms with Gasteiger partial charge in [0.05, 0.1) is 4.88 Å². The van der Waals surface area contributed by atoms with Crippen LogP contribution in [0, 0.1) is 0 Å². The Morgan fingerprint density at radius 3 is 2.75 bits per heavy atom. The molecule has 1 aromatic heterocycles. The highest BCUT2D eigenvalue weighted by molar-refractivity contribution is 7.12. The second-order valence-electron chi connectivity index (χ2n) is 6.69. The number of thiophene rings is 1. The van der Waals surface area contributed by atoms with Crippen LogP contribution in [0.1, 0.15) is 27.7 Å². The number of hydrogen-bond acceptors (Lipinski definition) is 4. The first kappa shape index (κ1) is 18.3. The highest BCUT2D eigenvalue weighted by atomic mass is 32.1. The minimum atomic E-state index is -0.559. The minimum absolute atomic E-state index is 0.0516. The molecule has 1 aliphatic rings. The number of nitrogens with one attached hydrogen (secondary N) is 1. The van der Waals surface area contributed by atoms with Gasteiger partial charge in [0.15, 0.2) is 6.10 Å². The molecule has 4 rings (SSSR count). The molecule has 0 bridgehead atoms. The van der Waals surface area contributed by atoms with Crippen LogP contribution in [0.2, 0.25) is 0 Å². The van der Waals surface area contributed by atoms with E-state index in [0.29, 0.717) is 29.4 Å². The molecule has 1 N–H and O–H groups in total. The Morgan fingerprint density at radius 1 is 1.18 bits per heavy atom. The highest BCUT2D eigenvalue weighted by Crippen LogP contribution is 2.29. The summed E-state index contributed by atoms with van der Waals surface area (Å²) in [4.78, 5) is 27.5. The van der Waals surface area contributed by atoms with E-state index in [-0.39, 0.29) is 11.8 Å². The zero-order chi connectivity index (χ0) is 19.5. The third-order valence-electron chi connectivity index (χ3n) is 4.60.